The van der Waals surface area contributed by atoms with Crippen molar-refractivity contribution in [3.63, 3.8) is 0 Å². The van der Waals surface area contributed by atoms with Crippen molar-refractivity contribution in [2.45, 2.75) is 32.4 Å². The van der Waals surface area contributed by atoms with Crippen molar-refractivity contribution >= 4 is 30.7 Å². The fraction of sp³-hybridized carbons (Fsp3) is 0.353. The largest absolute Gasteiger partial charge is 0.361 e. The summed E-state index contributed by atoms with van der Waals surface area (Å²) in [4.78, 5) is 4.49. The minimum Gasteiger partial charge on any atom is -0.361 e. The zero-order valence-electron chi connectivity index (χ0n) is 14.2. The summed E-state index contributed by atoms with van der Waals surface area (Å²) in [5, 5.41) is 9.39. The molecule has 5 nitrogen and oxygen atoms in total. The van der Waals surface area contributed by atoms with Gasteiger partial charge in [-0.3, -0.25) is 0 Å². The van der Waals surface area contributed by atoms with E-state index >= 15 is 0 Å². The molecule has 24 heavy (non-hydrogen) atoms. The summed E-state index contributed by atoms with van der Waals surface area (Å²) >= 11 is 6.42. The number of fused-ring (bicyclic) bond motifs is 1. The molecule has 3 aromatic rings. The average molecular weight is 361 g/mol. The average Bonchev–Trinajstić information content (AvgIpc) is 2.92. The van der Waals surface area contributed by atoms with Gasteiger partial charge in [-0.2, -0.15) is 10.2 Å². The Balaban J connectivity index is 1.91. The van der Waals surface area contributed by atoms with Crippen LogP contribution in [0.25, 0.3) is 22.2 Å². The van der Waals surface area contributed by atoms with Gasteiger partial charge in [-0.05, 0) is 18.2 Å². The molecule has 0 aliphatic rings. The predicted octanol–water partition coefficient (Wildman–Crippen LogP) is 4.46. The lowest BCUT2D eigenvalue weighted by molar-refractivity contribution is 0.0899. The maximum Gasteiger partial charge on any atom is 0.143 e. The van der Waals surface area contributed by atoms with Gasteiger partial charge in [0, 0.05) is 43.6 Å². The number of nitrogens with zero attached hydrogens (tertiary/aromatic N) is 4. The Bertz CT molecular complexity index is 830. The van der Waals surface area contributed by atoms with Crippen LogP contribution >= 0.6 is 11.6 Å². The van der Waals surface area contributed by atoms with E-state index < -0.39 is 8.07 Å². The van der Waals surface area contributed by atoms with Gasteiger partial charge in [0.15, 0.2) is 0 Å². The van der Waals surface area contributed by atoms with Crippen molar-refractivity contribution in [1.29, 1.82) is 0 Å². The van der Waals surface area contributed by atoms with Gasteiger partial charge >= 0.3 is 0 Å². The first kappa shape index (κ1) is 17.1. The topological polar surface area (TPSA) is 52.8 Å². The highest BCUT2D eigenvalue weighted by molar-refractivity contribution is 6.76. The van der Waals surface area contributed by atoms with E-state index in [2.05, 4.69) is 34.8 Å². The van der Waals surface area contributed by atoms with Gasteiger partial charge in [-0.1, -0.05) is 31.2 Å². The fourth-order valence-electron chi connectivity index (χ4n) is 2.48. The highest BCUT2D eigenvalue weighted by atomic mass is 35.5. The van der Waals surface area contributed by atoms with Crippen molar-refractivity contribution in [3.8, 4) is 11.1 Å². The van der Waals surface area contributed by atoms with Crippen LogP contribution in [-0.2, 0) is 11.5 Å². The lowest BCUT2D eigenvalue weighted by Gasteiger charge is -2.15. The Morgan fingerprint density at radius 3 is 2.71 bits per heavy atom. The molecule has 0 aromatic carbocycles. The number of halogens is 1. The molecule has 0 saturated heterocycles. The molecule has 0 atom stereocenters. The van der Waals surface area contributed by atoms with Crippen LogP contribution in [0, 0.1) is 0 Å². The van der Waals surface area contributed by atoms with Crippen LogP contribution in [0.5, 0.6) is 0 Å². The van der Waals surface area contributed by atoms with E-state index in [-0.39, 0.29) is 0 Å². The molecule has 0 N–H and O–H groups in total. The molecule has 0 radical (unpaired) electrons. The van der Waals surface area contributed by atoms with Crippen LogP contribution in [0.4, 0.5) is 0 Å². The maximum atomic E-state index is 6.42. The first-order valence-corrected chi connectivity index (χ1v) is 12.0. The molecule has 0 unspecified atom stereocenters. The van der Waals surface area contributed by atoms with E-state index in [4.69, 9.17) is 16.3 Å². The monoisotopic (exact) mass is 360 g/mol. The van der Waals surface area contributed by atoms with Crippen molar-refractivity contribution in [3.05, 3.63) is 41.9 Å². The van der Waals surface area contributed by atoms with Gasteiger partial charge in [-0.25, -0.2) is 4.98 Å². The molecular weight excluding hydrogens is 340 g/mol. The highest BCUT2D eigenvalue weighted by Gasteiger charge is 2.16. The predicted molar refractivity (Wildman–Crippen MR) is 99.9 cm³/mol. The molecule has 126 valence electrons. The third-order valence-electron chi connectivity index (χ3n) is 3.83. The van der Waals surface area contributed by atoms with Gasteiger partial charge in [0.05, 0.1) is 17.4 Å². The van der Waals surface area contributed by atoms with Gasteiger partial charge in [0.1, 0.15) is 12.4 Å². The second-order valence-electron chi connectivity index (χ2n) is 6.98. The zero-order chi connectivity index (χ0) is 17.2. The van der Waals surface area contributed by atoms with Crippen molar-refractivity contribution in [2.75, 3.05) is 6.61 Å². The van der Waals surface area contributed by atoms with E-state index in [1.54, 1.807) is 24.7 Å². The van der Waals surface area contributed by atoms with E-state index in [9.17, 15) is 0 Å². The first-order valence-electron chi connectivity index (χ1n) is 7.94. The van der Waals surface area contributed by atoms with Gasteiger partial charge in [-0.15, -0.1) is 0 Å². The van der Waals surface area contributed by atoms with Crippen LogP contribution in [0.3, 0.4) is 0 Å². The second kappa shape index (κ2) is 7.00. The third-order valence-corrected chi connectivity index (χ3v) is 5.85. The maximum absolute atomic E-state index is 6.42. The molecular formula is C17H21ClN4OSi. The molecule has 0 amide bonds. The molecule has 0 fully saturated rings. The number of rotatable bonds is 6. The summed E-state index contributed by atoms with van der Waals surface area (Å²) in [6.07, 6.45) is 7.15. The summed E-state index contributed by atoms with van der Waals surface area (Å²) in [5.74, 6) is 0. The molecule has 0 saturated carbocycles. The summed E-state index contributed by atoms with van der Waals surface area (Å²) in [6, 6.07) is 4.86. The van der Waals surface area contributed by atoms with Gasteiger partial charge in [0.25, 0.3) is 0 Å². The van der Waals surface area contributed by atoms with Crippen LogP contribution < -0.4 is 0 Å². The molecule has 0 aliphatic carbocycles. The van der Waals surface area contributed by atoms with Gasteiger partial charge in [0.2, 0.25) is 0 Å². The van der Waals surface area contributed by atoms with Gasteiger partial charge < -0.3 is 9.30 Å². The van der Waals surface area contributed by atoms with Crippen LogP contribution in [0.2, 0.25) is 30.7 Å². The van der Waals surface area contributed by atoms with E-state index in [0.29, 0.717) is 11.8 Å². The number of hydrogen-bond acceptors (Lipinski definition) is 4. The minimum absolute atomic E-state index is 0.465. The molecule has 3 heterocycles. The normalized spacial score (nSPS) is 12.0. The Morgan fingerprint density at radius 2 is 2.00 bits per heavy atom. The summed E-state index contributed by atoms with van der Waals surface area (Å²) < 4.78 is 7.88. The summed E-state index contributed by atoms with van der Waals surface area (Å²) in [6.45, 7) is 8.26. The lowest BCUT2D eigenvalue weighted by atomic mass is 10.1. The van der Waals surface area contributed by atoms with Crippen LogP contribution in [0.15, 0.2) is 36.9 Å². The standard InChI is InChI=1S/C17H21ClN4OSi/c1-24(2,3)9-8-23-12-22-11-14(13-4-7-20-21-10-13)16-15(18)5-6-19-17(16)22/h4-7,10-11H,8-9,12H2,1-3H3. The fourth-order valence-corrected chi connectivity index (χ4v) is 3.48. The number of hydrogen-bond donors (Lipinski definition) is 0. The third kappa shape index (κ3) is 3.83. The summed E-state index contributed by atoms with van der Waals surface area (Å²) in [7, 11) is -1.09. The minimum atomic E-state index is -1.09. The quantitative estimate of drug-likeness (QED) is 0.481. The number of pyridine rings is 1. The Labute approximate surface area is 147 Å². The highest BCUT2D eigenvalue weighted by Crippen LogP contribution is 2.33. The Morgan fingerprint density at radius 1 is 1.17 bits per heavy atom. The SMILES string of the molecule is C[Si](C)(C)CCOCn1cc(-c2ccnnc2)c2c(Cl)ccnc21. The van der Waals surface area contributed by atoms with Crippen molar-refractivity contribution in [2.24, 2.45) is 0 Å². The molecule has 7 heteroatoms. The van der Waals surface area contributed by atoms with E-state index in [0.717, 1.165) is 34.8 Å². The summed E-state index contributed by atoms with van der Waals surface area (Å²) in [5.41, 5.74) is 2.78. The molecule has 0 spiro atoms. The van der Waals surface area contributed by atoms with Crippen LogP contribution in [-0.4, -0.2) is 34.4 Å². The molecule has 3 aromatic heterocycles. The molecule has 0 bridgehead atoms. The number of ether oxygens (including phenoxy) is 1. The smallest absolute Gasteiger partial charge is 0.143 e. The second-order valence-corrected chi connectivity index (χ2v) is 13.0. The molecule has 0 aliphatic heterocycles. The lowest BCUT2D eigenvalue weighted by Crippen LogP contribution is -2.22. The number of aromatic nitrogens is 4. The van der Waals surface area contributed by atoms with E-state index in [1.165, 1.54) is 0 Å². The Hall–Kier alpha value is -1.76. The van der Waals surface area contributed by atoms with Crippen molar-refractivity contribution < 1.29 is 4.74 Å². The molecule has 3 rings (SSSR count). The van der Waals surface area contributed by atoms with E-state index in [1.807, 2.05) is 16.8 Å². The zero-order valence-corrected chi connectivity index (χ0v) is 15.9. The Kier molecular flexibility index (Phi) is 4.98. The first-order chi connectivity index (χ1) is 11.5. The van der Waals surface area contributed by atoms with Crippen molar-refractivity contribution in [1.82, 2.24) is 19.7 Å². The van der Waals surface area contributed by atoms with Crippen LogP contribution in [0.1, 0.15) is 0 Å².